The van der Waals surface area contributed by atoms with Crippen LogP contribution in [0.25, 0.3) is 0 Å². The molecule has 0 saturated carbocycles. The van der Waals surface area contributed by atoms with E-state index in [0.717, 1.165) is 6.42 Å². The quantitative estimate of drug-likeness (QED) is 0.457. The van der Waals surface area contributed by atoms with Crippen molar-refractivity contribution in [2.45, 2.75) is 6.42 Å². The molecular formula is C12H12N2O4. The maximum absolute atomic E-state index is 11.7. The van der Waals surface area contributed by atoms with Gasteiger partial charge in [-0.15, -0.1) is 0 Å². The number of ether oxygens (including phenoxy) is 1. The molecule has 1 aromatic rings. The lowest BCUT2D eigenvalue weighted by atomic mass is 10.3. The van der Waals surface area contributed by atoms with E-state index in [-0.39, 0.29) is 5.69 Å². The molecule has 6 nitrogen and oxygen atoms in total. The molecule has 0 spiro atoms. The third-order valence-electron chi connectivity index (χ3n) is 2.57. The summed E-state index contributed by atoms with van der Waals surface area (Å²) in [6.07, 6.45) is 4.29. The molecule has 0 unspecified atom stereocenters. The Morgan fingerprint density at radius 2 is 2.00 bits per heavy atom. The first kappa shape index (κ1) is 12.1. The van der Waals surface area contributed by atoms with Gasteiger partial charge >= 0.3 is 6.09 Å². The van der Waals surface area contributed by atoms with E-state index < -0.39 is 11.0 Å². The number of nitro groups is 1. The predicted octanol–water partition coefficient (Wildman–Crippen LogP) is 2.36. The molecule has 1 amide bonds. The molecule has 2 rings (SSSR count). The van der Waals surface area contributed by atoms with E-state index in [1.807, 2.05) is 12.2 Å². The second-order valence-electron chi connectivity index (χ2n) is 3.83. The Bertz CT molecular complexity index is 481. The van der Waals surface area contributed by atoms with Gasteiger partial charge in [0.1, 0.15) is 5.75 Å². The van der Waals surface area contributed by atoms with Crippen LogP contribution in [0.4, 0.5) is 10.5 Å². The maximum atomic E-state index is 11.7. The topological polar surface area (TPSA) is 72.7 Å². The van der Waals surface area contributed by atoms with Gasteiger partial charge < -0.3 is 9.64 Å². The van der Waals surface area contributed by atoms with Crippen molar-refractivity contribution in [1.82, 2.24) is 4.90 Å². The monoisotopic (exact) mass is 248 g/mol. The van der Waals surface area contributed by atoms with Crippen molar-refractivity contribution in [3.8, 4) is 5.75 Å². The number of nitrogens with zero attached hydrogens (tertiary/aromatic N) is 2. The second-order valence-corrected chi connectivity index (χ2v) is 3.83. The summed E-state index contributed by atoms with van der Waals surface area (Å²) in [5.74, 6) is 0.306. The third-order valence-corrected chi connectivity index (χ3v) is 2.57. The fraction of sp³-hybridized carbons (Fsp3) is 0.250. The molecule has 0 atom stereocenters. The molecule has 0 N–H and O–H groups in total. The summed E-state index contributed by atoms with van der Waals surface area (Å²) in [6.45, 7) is 1.16. The Morgan fingerprint density at radius 1 is 1.28 bits per heavy atom. The molecule has 18 heavy (non-hydrogen) atoms. The number of rotatable bonds is 2. The number of carbonyl (C=O) groups excluding carboxylic acids is 1. The van der Waals surface area contributed by atoms with Crippen LogP contribution in [-0.4, -0.2) is 29.0 Å². The molecule has 0 radical (unpaired) electrons. The Labute approximate surface area is 104 Å². The number of hydrogen-bond donors (Lipinski definition) is 0. The van der Waals surface area contributed by atoms with Crippen molar-refractivity contribution in [1.29, 1.82) is 0 Å². The molecule has 0 saturated heterocycles. The minimum atomic E-state index is -0.499. The summed E-state index contributed by atoms with van der Waals surface area (Å²) in [5.41, 5.74) is -0.0318. The molecule has 0 bridgehead atoms. The zero-order chi connectivity index (χ0) is 13.0. The van der Waals surface area contributed by atoms with Gasteiger partial charge in [0.25, 0.3) is 5.69 Å². The molecule has 1 heterocycles. The van der Waals surface area contributed by atoms with Crippen molar-refractivity contribution in [2.75, 3.05) is 13.1 Å². The molecule has 1 aliphatic rings. The smallest absolute Gasteiger partial charge is 0.410 e. The molecule has 94 valence electrons. The molecule has 1 aliphatic heterocycles. The van der Waals surface area contributed by atoms with Gasteiger partial charge in [0, 0.05) is 25.2 Å². The minimum Gasteiger partial charge on any atom is -0.410 e. The van der Waals surface area contributed by atoms with Crippen LogP contribution >= 0.6 is 0 Å². The van der Waals surface area contributed by atoms with E-state index >= 15 is 0 Å². The highest BCUT2D eigenvalue weighted by molar-refractivity contribution is 5.71. The van der Waals surface area contributed by atoms with Crippen molar-refractivity contribution < 1.29 is 14.5 Å². The standard InChI is InChI=1S/C12H12N2O4/c15-12(13-8-2-1-3-9-13)18-11-6-4-10(5-7-11)14(16)17/h1-2,4-7H,3,8-9H2. The predicted molar refractivity (Wildman–Crippen MR) is 64.5 cm³/mol. The summed E-state index contributed by atoms with van der Waals surface area (Å²) in [6, 6.07) is 5.43. The molecule has 1 aromatic carbocycles. The summed E-state index contributed by atoms with van der Waals surface area (Å²) in [5, 5.41) is 10.5. The first-order valence-corrected chi connectivity index (χ1v) is 5.53. The Hall–Kier alpha value is -2.37. The lowest BCUT2D eigenvalue weighted by Crippen LogP contribution is -2.35. The van der Waals surface area contributed by atoms with E-state index in [0.29, 0.717) is 18.8 Å². The summed E-state index contributed by atoms with van der Waals surface area (Å²) < 4.78 is 5.12. The Morgan fingerprint density at radius 3 is 2.56 bits per heavy atom. The van der Waals surface area contributed by atoms with Crippen LogP contribution < -0.4 is 4.74 Å². The molecular weight excluding hydrogens is 236 g/mol. The van der Waals surface area contributed by atoms with E-state index in [1.165, 1.54) is 24.3 Å². The Kier molecular flexibility index (Phi) is 3.57. The van der Waals surface area contributed by atoms with E-state index in [4.69, 9.17) is 4.74 Å². The van der Waals surface area contributed by atoms with Gasteiger partial charge in [-0.3, -0.25) is 10.1 Å². The van der Waals surface area contributed by atoms with Gasteiger partial charge in [0.15, 0.2) is 0 Å². The number of amides is 1. The molecule has 6 heteroatoms. The molecule has 0 fully saturated rings. The van der Waals surface area contributed by atoms with Gasteiger partial charge in [-0.05, 0) is 18.6 Å². The van der Waals surface area contributed by atoms with Crippen LogP contribution in [0.15, 0.2) is 36.4 Å². The zero-order valence-electron chi connectivity index (χ0n) is 9.61. The van der Waals surface area contributed by atoms with Gasteiger partial charge in [-0.1, -0.05) is 12.2 Å². The summed E-state index contributed by atoms with van der Waals surface area (Å²) in [4.78, 5) is 23.3. The Balaban J connectivity index is 1.98. The zero-order valence-corrected chi connectivity index (χ0v) is 9.61. The van der Waals surface area contributed by atoms with Gasteiger partial charge in [0.05, 0.1) is 4.92 Å². The number of non-ortho nitro benzene ring substituents is 1. The van der Waals surface area contributed by atoms with Crippen LogP contribution in [0.1, 0.15) is 6.42 Å². The fourth-order valence-corrected chi connectivity index (χ4v) is 1.61. The minimum absolute atomic E-state index is 0.0318. The highest BCUT2D eigenvalue weighted by Crippen LogP contribution is 2.18. The summed E-state index contributed by atoms with van der Waals surface area (Å²) >= 11 is 0. The lowest BCUT2D eigenvalue weighted by molar-refractivity contribution is -0.384. The van der Waals surface area contributed by atoms with Gasteiger partial charge in [-0.25, -0.2) is 4.79 Å². The average molecular weight is 248 g/mol. The average Bonchev–Trinajstić information content (AvgIpc) is 2.40. The number of carbonyl (C=O) groups is 1. The van der Waals surface area contributed by atoms with Crippen LogP contribution in [0, 0.1) is 10.1 Å². The number of benzene rings is 1. The van der Waals surface area contributed by atoms with Crippen molar-refractivity contribution in [2.24, 2.45) is 0 Å². The SMILES string of the molecule is O=C(Oc1ccc([N+](=O)[O-])cc1)N1CC=CCC1. The second kappa shape index (κ2) is 5.31. The number of hydrogen-bond acceptors (Lipinski definition) is 4. The van der Waals surface area contributed by atoms with Crippen molar-refractivity contribution in [3.05, 3.63) is 46.5 Å². The van der Waals surface area contributed by atoms with E-state index in [1.54, 1.807) is 4.90 Å². The maximum Gasteiger partial charge on any atom is 0.415 e. The van der Waals surface area contributed by atoms with E-state index in [2.05, 4.69) is 0 Å². The molecule has 0 aliphatic carbocycles. The van der Waals surface area contributed by atoms with E-state index in [9.17, 15) is 14.9 Å². The van der Waals surface area contributed by atoms with Gasteiger partial charge in [-0.2, -0.15) is 0 Å². The normalized spacial score (nSPS) is 14.3. The largest absolute Gasteiger partial charge is 0.415 e. The van der Waals surface area contributed by atoms with Crippen LogP contribution in [0.2, 0.25) is 0 Å². The lowest BCUT2D eigenvalue weighted by Gasteiger charge is -2.22. The van der Waals surface area contributed by atoms with Crippen LogP contribution in [-0.2, 0) is 0 Å². The highest BCUT2D eigenvalue weighted by Gasteiger charge is 2.16. The van der Waals surface area contributed by atoms with Crippen LogP contribution in [0.3, 0.4) is 0 Å². The molecule has 0 aromatic heterocycles. The fourth-order valence-electron chi connectivity index (χ4n) is 1.61. The number of nitro benzene ring substituents is 1. The van der Waals surface area contributed by atoms with Crippen molar-refractivity contribution >= 4 is 11.8 Å². The van der Waals surface area contributed by atoms with Crippen LogP contribution in [0.5, 0.6) is 5.75 Å². The summed E-state index contributed by atoms with van der Waals surface area (Å²) in [7, 11) is 0. The van der Waals surface area contributed by atoms with Gasteiger partial charge in [0.2, 0.25) is 0 Å². The third kappa shape index (κ3) is 2.85. The van der Waals surface area contributed by atoms with Crippen molar-refractivity contribution in [3.63, 3.8) is 0 Å². The first-order chi connectivity index (χ1) is 8.66. The first-order valence-electron chi connectivity index (χ1n) is 5.53. The highest BCUT2D eigenvalue weighted by atomic mass is 16.6.